The number of hydrogen-bond donors (Lipinski definition) is 2. The summed E-state index contributed by atoms with van der Waals surface area (Å²) in [6.45, 7) is 0.725. The summed E-state index contributed by atoms with van der Waals surface area (Å²) < 4.78 is 0. The van der Waals surface area contributed by atoms with Gasteiger partial charge in [-0.25, -0.2) is 9.97 Å². The third kappa shape index (κ3) is 3.35. The first-order valence-corrected chi connectivity index (χ1v) is 8.52. The van der Waals surface area contributed by atoms with Crippen molar-refractivity contribution in [2.24, 2.45) is 0 Å². The average molecular weight is 349 g/mol. The van der Waals surface area contributed by atoms with Crippen LogP contribution in [0.2, 0.25) is 5.15 Å². The molecule has 2 heterocycles. The molecule has 124 valence electrons. The van der Waals surface area contributed by atoms with Crippen LogP contribution in [0.3, 0.4) is 0 Å². The zero-order chi connectivity index (χ0) is 17.1. The number of nitrogens with zero attached hydrogens (tertiary/aromatic N) is 2. The second-order valence-electron chi connectivity index (χ2n) is 5.86. The molecule has 25 heavy (non-hydrogen) atoms. The van der Waals surface area contributed by atoms with Gasteiger partial charge in [-0.2, -0.15) is 0 Å². The third-order valence-corrected chi connectivity index (χ3v) is 4.47. The Balaban J connectivity index is 1.65. The minimum Gasteiger partial charge on any atom is -0.368 e. The van der Waals surface area contributed by atoms with Crippen LogP contribution in [0, 0.1) is 0 Å². The highest BCUT2D eigenvalue weighted by atomic mass is 35.5. The van der Waals surface area contributed by atoms with Gasteiger partial charge in [0.15, 0.2) is 0 Å². The molecular weight excluding hydrogens is 332 g/mol. The lowest BCUT2D eigenvalue weighted by atomic mass is 9.91. The molecule has 0 aliphatic rings. The van der Waals surface area contributed by atoms with Crippen molar-refractivity contribution in [2.45, 2.75) is 5.92 Å². The number of nitrogens with one attached hydrogen (secondary N) is 2. The first kappa shape index (κ1) is 15.7. The number of hydrogen-bond acceptors (Lipinski definition) is 3. The lowest BCUT2D eigenvalue weighted by Gasteiger charge is -2.19. The van der Waals surface area contributed by atoms with Crippen molar-refractivity contribution >= 4 is 28.5 Å². The van der Waals surface area contributed by atoms with E-state index in [1.807, 2.05) is 18.2 Å². The maximum atomic E-state index is 6.06. The molecule has 0 unspecified atom stereocenters. The fourth-order valence-electron chi connectivity index (χ4n) is 3.05. The van der Waals surface area contributed by atoms with Crippen LogP contribution in [-0.2, 0) is 0 Å². The first-order chi connectivity index (χ1) is 12.3. The molecule has 2 aromatic heterocycles. The fourth-order valence-corrected chi connectivity index (χ4v) is 3.24. The summed E-state index contributed by atoms with van der Waals surface area (Å²) in [5, 5.41) is 4.92. The number of halogens is 1. The van der Waals surface area contributed by atoms with Crippen LogP contribution in [0.25, 0.3) is 11.0 Å². The average Bonchev–Trinajstić information content (AvgIpc) is 3.05. The molecule has 2 N–H and O–H groups in total. The van der Waals surface area contributed by atoms with E-state index >= 15 is 0 Å². The summed E-state index contributed by atoms with van der Waals surface area (Å²) in [4.78, 5) is 11.6. The van der Waals surface area contributed by atoms with Gasteiger partial charge in [-0.15, -0.1) is 0 Å². The summed E-state index contributed by atoms with van der Waals surface area (Å²) in [7, 11) is 0. The molecule has 0 spiro atoms. The predicted molar refractivity (Wildman–Crippen MR) is 102 cm³/mol. The normalized spacial score (nSPS) is 11.1. The summed E-state index contributed by atoms with van der Waals surface area (Å²) in [5.41, 5.74) is 3.26. The van der Waals surface area contributed by atoms with Gasteiger partial charge in [0.2, 0.25) is 0 Å². The molecule has 0 radical (unpaired) electrons. The van der Waals surface area contributed by atoms with Gasteiger partial charge in [0.1, 0.15) is 22.9 Å². The minimum absolute atomic E-state index is 0.224. The van der Waals surface area contributed by atoms with Crippen LogP contribution < -0.4 is 5.32 Å². The first-order valence-electron chi connectivity index (χ1n) is 8.14. The molecular formula is C20H17ClN4. The SMILES string of the molecule is Clc1cc2c(NCC(c3ccccc3)c3ccccc3)ncnc2[nH]1. The molecule has 0 atom stereocenters. The lowest BCUT2D eigenvalue weighted by molar-refractivity contribution is 0.849. The predicted octanol–water partition coefficient (Wildman–Crippen LogP) is 4.86. The molecule has 2 aromatic carbocycles. The standard InChI is InChI=1S/C20H17ClN4/c21-18-11-16-19(23-13-24-20(16)25-18)22-12-17(14-7-3-1-4-8-14)15-9-5-2-6-10-15/h1-11,13,17H,12H2,(H2,22,23,24,25). The van der Waals surface area contributed by atoms with Gasteiger partial charge < -0.3 is 10.3 Å². The Labute approximate surface area is 150 Å². The number of benzene rings is 2. The van der Waals surface area contributed by atoms with Gasteiger partial charge in [-0.3, -0.25) is 0 Å². The van der Waals surface area contributed by atoms with Gasteiger partial charge in [-0.05, 0) is 17.2 Å². The van der Waals surface area contributed by atoms with Crippen LogP contribution in [0.5, 0.6) is 0 Å². The van der Waals surface area contributed by atoms with Crippen LogP contribution in [0.1, 0.15) is 17.0 Å². The molecule has 4 aromatic rings. The maximum Gasteiger partial charge on any atom is 0.144 e. The van der Waals surface area contributed by atoms with Crippen molar-refractivity contribution in [2.75, 3.05) is 11.9 Å². The van der Waals surface area contributed by atoms with E-state index in [0.29, 0.717) is 5.15 Å². The van der Waals surface area contributed by atoms with Crippen LogP contribution in [-0.4, -0.2) is 21.5 Å². The quantitative estimate of drug-likeness (QED) is 0.541. The molecule has 4 rings (SSSR count). The van der Waals surface area contributed by atoms with Crippen molar-refractivity contribution in [3.8, 4) is 0 Å². The van der Waals surface area contributed by atoms with Crippen molar-refractivity contribution in [3.05, 3.63) is 89.3 Å². The summed E-state index contributed by atoms with van der Waals surface area (Å²) in [5.74, 6) is 1.01. The molecule has 0 fully saturated rings. The molecule has 0 bridgehead atoms. The minimum atomic E-state index is 0.224. The second-order valence-corrected chi connectivity index (χ2v) is 6.26. The van der Waals surface area contributed by atoms with Crippen LogP contribution >= 0.6 is 11.6 Å². The smallest absolute Gasteiger partial charge is 0.144 e. The number of aromatic amines is 1. The van der Waals surface area contributed by atoms with E-state index < -0.39 is 0 Å². The molecule has 0 amide bonds. The molecule has 0 saturated carbocycles. The molecule has 4 nitrogen and oxygen atoms in total. The number of rotatable bonds is 5. The number of fused-ring (bicyclic) bond motifs is 1. The Morgan fingerprint density at radius 1 is 0.920 bits per heavy atom. The number of anilines is 1. The monoisotopic (exact) mass is 348 g/mol. The highest BCUT2D eigenvalue weighted by molar-refractivity contribution is 6.30. The largest absolute Gasteiger partial charge is 0.368 e. The lowest BCUT2D eigenvalue weighted by Crippen LogP contribution is -2.15. The van der Waals surface area contributed by atoms with Gasteiger partial charge in [0.05, 0.1) is 5.39 Å². The molecule has 0 aliphatic heterocycles. The topological polar surface area (TPSA) is 53.6 Å². The zero-order valence-corrected chi connectivity index (χ0v) is 14.2. The summed E-state index contributed by atoms with van der Waals surface area (Å²) in [6.07, 6.45) is 1.54. The Hall–Kier alpha value is -2.85. The van der Waals surface area contributed by atoms with Crippen molar-refractivity contribution in [3.63, 3.8) is 0 Å². The Kier molecular flexibility index (Phi) is 4.36. The molecule has 0 aliphatic carbocycles. The highest BCUT2D eigenvalue weighted by Crippen LogP contribution is 2.27. The maximum absolute atomic E-state index is 6.06. The van der Waals surface area contributed by atoms with Gasteiger partial charge >= 0.3 is 0 Å². The van der Waals surface area contributed by atoms with Crippen LogP contribution in [0.4, 0.5) is 5.82 Å². The van der Waals surface area contributed by atoms with E-state index in [1.54, 1.807) is 0 Å². The van der Waals surface area contributed by atoms with Gasteiger partial charge in [0, 0.05) is 12.5 Å². The number of aromatic nitrogens is 3. The summed E-state index contributed by atoms with van der Waals surface area (Å²) in [6, 6.07) is 22.8. The van der Waals surface area contributed by atoms with Gasteiger partial charge in [-0.1, -0.05) is 72.3 Å². The molecule has 5 heteroatoms. The van der Waals surface area contributed by atoms with E-state index in [0.717, 1.165) is 23.4 Å². The van der Waals surface area contributed by atoms with E-state index in [4.69, 9.17) is 11.6 Å². The van der Waals surface area contributed by atoms with Crippen LogP contribution in [0.15, 0.2) is 73.1 Å². The summed E-state index contributed by atoms with van der Waals surface area (Å²) >= 11 is 6.06. The second kappa shape index (κ2) is 6.95. The van der Waals surface area contributed by atoms with E-state index in [2.05, 4.69) is 68.8 Å². The van der Waals surface area contributed by atoms with Crippen molar-refractivity contribution < 1.29 is 0 Å². The molecule has 0 saturated heterocycles. The number of H-pyrrole nitrogens is 1. The Bertz CT molecular complexity index is 927. The Morgan fingerprint density at radius 3 is 2.20 bits per heavy atom. The van der Waals surface area contributed by atoms with Crippen molar-refractivity contribution in [1.29, 1.82) is 0 Å². The fraction of sp³-hybridized carbons (Fsp3) is 0.100. The Morgan fingerprint density at radius 2 is 1.56 bits per heavy atom. The highest BCUT2D eigenvalue weighted by Gasteiger charge is 2.15. The van der Waals surface area contributed by atoms with E-state index in [-0.39, 0.29) is 5.92 Å². The third-order valence-electron chi connectivity index (χ3n) is 4.27. The van der Waals surface area contributed by atoms with Gasteiger partial charge in [0.25, 0.3) is 0 Å². The van der Waals surface area contributed by atoms with E-state index in [9.17, 15) is 0 Å². The zero-order valence-electron chi connectivity index (χ0n) is 13.5. The van der Waals surface area contributed by atoms with Crippen molar-refractivity contribution in [1.82, 2.24) is 15.0 Å². The van der Waals surface area contributed by atoms with E-state index in [1.165, 1.54) is 17.5 Å².